The fourth-order valence-electron chi connectivity index (χ4n) is 3.36. The van der Waals surface area contributed by atoms with Gasteiger partial charge in [-0.25, -0.2) is 0 Å². The molecule has 1 aliphatic rings. The van der Waals surface area contributed by atoms with Crippen molar-refractivity contribution in [1.82, 2.24) is 4.90 Å². The van der Waals surface area contributed by atoms with Crippen LogP contribution in [0.2, 0.25) is 0 Å². The van der Waals surface area contributed by atoms with Crippen LogP contribution in [0.25, 0.3) is 0 Å². The van der Waals surface area contributed by atoms with Crippen molar-refractivity contribution in [3.05, 3.63) is 45.6 Å². The van der Waals surface area contributed by atoms with Crippen LogP contribution < -0.4 is 15.2 Å². The molecular formula is C20H24N2O4S. The van der Waals surface area contributed by atoms with E-state index in [1.54, 1.807) is 23.5 Å². The molecule has 1 aromatic heterocycles. The Morgan fingerprint density at radius 1 is 1.19 bits per heavy atom. The van der Waals surface area contributed by atoms with E-state index in [4.69, 9.17) is 15.2 Å². The second kappa shape index (κ2) is 7.32. The minimum Gasteiger partial charge on any atom is -0.493 e. The third-order valence-corrected chi connectivity index (χ3v) is 6.03. The van der Waals surface area contributed by atoms with Gasteiger partial charge in [-0.15, -0.1) is 0 Å². The van der Waals surface area contributed by atoms with Crippen molar-refractivity contribution in [3.8, 4) is 11.5 Å². The van der Waals surface area contributed by atoms with Gasteiger partial charge in [0.05, 0.1) is 31.4 Å². The number of imide groups is 1. The van der Waals surface area contributed by atoms with Crippen LogP contribution in [-0.4, -0.2) is 42.5 Å². The maximum atomic E-state index is 13.1. The quantitative estimate of drug-likeness (QED) is 0.737. The molecule has 0 fully saturated rings. The maximum absolute atomic E-state index is 13.1. The lowest BCUT2D eigenvalue weighted by Crippen LogP contribution is -2.57. The molecule has 0 spiro atoms. The summed E-state index contributed by atoms with van der Waals surface area (Å²) in [5, 5.41) is 4.11. The van der Waals surface area contributed by atoms with Crippen molar-refractivity contribution in [2.75, 3.05) is 14.2 Å². The van der Waals surface area contributed by atoms with E-state index in [0.717, 1.165) is 6.42 Å². The maximum Gasteiger partial charge on any atom is 0.265 e. The second-order valence-corrected chi connectivity index (χ2v) is 7.80. The zero-order chi connectivity index (χ0) is 19.8. The summed E-state index contributed by atoms with van der Waals surface area (Å²) in [6, 6.07) is 4.82. The first-order valence-electron chi connectivity index (χ1n) is 8.74. The van der Waals surface area contributed by atoms with Gasteiger partial charge in [-0.1, -0.05) is 0 Å². The molecule has 0 bridgehead atoms. The third-order valence-electron chi connectivity index (χ3n) is 5.30. The number of aryl methyl sites for hydroxylation is 1. The molecule has 2 atom stereocenters. The number of hydrogen-bond acceptors (Lipinski definition) is 6. The predicted molar refractivity (Wildman–Crippen MR) is 105 cm³/mol. The molecule has 0 aliphatic carbocycles. The van der Waals surface area contributed by atoms with Crippen molar-refractivity contribution >= 4 is 23.2 Å². The van der Waals surface area contributed by atoms with Crippen molar-refractivity contribution in [1.29, 1.82) is 0 Å². The summed E-state index contributed by atoms with van der Waals surface area (Å²) in [7, 11) is 2.95. The van der Waals surface area contributed by atoms with Crippen LogP contribution in [0.4, 0.5) is 0 Å². The number of hydrogen-bond donors (Lipinski definition) is 1. The predicted octanol–water partition coefficient (Wildman–Crippen LogP) is 3.10. The first-order valence-corrected chi connectivity index (χ1v) is 9.69. The van der Waals surface area contributed by atoms with Crippen molar-refractivity contribution < 1.29 is 19.1 Å². The SMILES string of the molecule is COc1ccc2c(c1OC)C(=O)N(C(C)C(C)(N)CCc1ccsc1)C2=O. The highest BCUT2D eigenvalue weighted by molar-refractivity contribution is 7.07. The molecule has 144 valence electrons. The number of ether oxygens (including phenoxy) is 2. The normalized spacial score (nSPS) is 16.9. The smallest absolute Gasteiger partial charge is 0.265 e. The summed E-state index contributed by atoms with van der Waals surface area (Å²) in [5.41, 5.74) is 7.58. The minimum absolute atomic E-state index is 0.238. The molecule has 27 heavy (non-hydrogen) atoms. The second-order valence-electron chi connectivity index (χ2n) is 7.02. The van der Waals surface area contributed by atoms with Gasteiger partial charge in [0, 0.05) is 5.54 Å². The van der Waals surface area contributed by atoms with Crippen LogP contribution in [-0.2, 0) is 6.42 Å². The number of nitrogens with zero attached hydrogens (tertiary/aromatic N) is 1. The molecule has 2 heterocycles. The van der Waals surface area contributed by atoms with Gasteiger partial charge in [0.2, 0.25) is 0 Å². The van der Waals surface area contributed by atoms with Gasteiger partial charge < -0.3 is 15.2 Å². The lowest BCUT2D eigenvalue weighted by molar-refractivity contribution is 0.0521. The van der Waals surface area contributed by atoms with Crippen molar-refractivity contribution in [2.45, 2.75) is 38.3 Å². The molecule has 7 heteroatoms. The van der Waals surface area contributed by atoms with Crippen LogP contribution in [0.1, 0.15) is 46.5 Å². The number of fused-ring (bicyclic) bond motifs is 1. The van der Waals surface area contributed by atoms with Crippen LogP contribution in [0, 0.1) is 0 Å². The van der Waals surface area contributed by atoms with E-state index in [2.05, 4.69) is 11.4 Å². The van der Waals surface area contributed by atoms with Gasteiger partial charge in [-0.2, -0.15) is 11.3 Å². The Morgan fingerprint density at radius 3 is 2.52 bits per heavy atom. The number of methoxy groups -OCH3 is 2. The number of rotatable bonds is 7. The first kappa shape index (κ1) is 19.4. The molecule has 1 aliphatic heterocycles. The van der Waals surface area contributed by atoms with Crippen LogP contribution in [0.3, 0.4) is 0 Å². The molecule has 0 radical (unpaired) electrons. The fourth-order valence-corrected chi connectivity index (χ4v) is 4.07. The molecule has 2 unspecified atom stereocenters. The summed E-state index contributed by atoms with van der Waals surface area (Å²) in [6.07, 6.45) is 1.44. The summed E-state index contributed by atoms with van der Waals surface area (Å²) in [4.78, 5) is 27.3. The Hall–Kier alpha value is -2.38. The van der Waals surface area contributed by atoms with Crippen molar-refractivity contribution in [2.24, 2.45) is 5.73 Å². The molecule has 2 amide bonds. The molecule has 3 rings (SSSR count). The van der Waals surface area contributed by atoms with E-state index < -0.39 is 17.5 Å². The molecule has 0 saturated carbocycles. The molecule has 0 saturated heterocycles. The van der Waals surface area contributed by atoms with E-state index in [9.17, 15) is 9.59 Å². The minimum atomic E-state index is -0.730. The number of carbonyl (C=O) groups excluding carboxylic acids is 2. The largest absolute Gasteiger partial charge is 0.493 e. The number of benzene rings is 1. The highest BCUT2D eigenvalue weighted by atomic mass is 32.1. The van der Waals surface area contributed by atoms with Gasteiger partial charge in [0.15, 0.2) is 11.5 Å². The average molecular weight is 388 g/mol. The van der Waals surface area contributed by atoms with E-state index >= 15 is 0 Å². The topological polar surface area (TPSA) is 81.9 Å². The highest BCUT2D eigenvalue weighted by Gasteiger charge is 2.45. The molecule has 6 nitrogen and oxygen atoms in total. The standard InChI is InChI=1S/C20H24N2O4S/c1-12(20(2,21)9-7-13-8-10-27-11-13)22-18(23)14-5-6-15(25-3)17(26-4)16(14)19(22)24/h5-6,8,10-12H,7,9,21H2,1-4H3. The molecule has 2 aromatic rings. The number of nitrogens with two attached hydrogens (primary N) is 1. The lowest BCUT2D eigenvalue weighted by atomic mass is 9.87. The van der Waals surface area contributed by atoms with Gasteiger partial charge in [-0.3, -0.25) is 14.5 Å². The Kier molecular flexibility index (Phi) is 5.26. The summed E-state index contributed by atoms with van der Waals surface area (Å²) in [6.45, 7) is 3.70. The van der Waals surface area contributed by atoms with Gasteiger partial charge in [-0.05, 0) is 61.2 Å². The van der Waals surface area contributed by atoms with Crippen molar-refractivity contribution in [3.63, 3.8) is 0 Å². The number of thiophene rings is 1. The number of carbonyl (C=O) groups is 2. The van der Waals surface area contributed by atoms with Gasteiger partial charge >= 0.3 is 0 Å². The fraction of sp³-hybridized carbons (Fsp3) is 0.400. The average Bonchev–Trinajstić information content (AvgIpc) is 3.26. The Balaban J connectivity index is 1.88. The zero-order valence-corrected chi connectivity index (χ0v) is 16.8. The van der Waals surface area contributed by atoms with Gasteiger partial charge in [0.25, 0.3) is 11.8 Å². The lowest BCUT2D eigenvalue weighted by Gasteiger charge is -2.36. The van der Waals surface area contributed by atoms with E-state index in [0.29, 0.717) is 17.7 Å². The van der Waals surface area contributed by atoms with Gasteiger partial charge in [0.1, 0.15) is 0 Å². The van der Waals surface area contributed by atoms with E-state index in [-0.39, 0.29) is 17.2 Å². The summed E-state index contributed by atoms with van der Waals surface area (Å²) in [5.74, 6) is -0.0546. The molecule has 1 aromatic carbocycles. The van der Waals surface area contributed by atoms with Crippen LogP contribution >= 0.6 is 11.3 Å². The summed E-state index contributed by atoms with van der Waals surface area (Å²) >= 11 is 1.64. The molecule has 2 N–H and O–H groups in total. The third kappa shape index (κ3) is 3.33. The highest BCUT2D eigenvalue weighted by Crippen LogP contribution is 2.40. The number of amides is 2. The van der Waals surface area contributed by atoms with Crippen LogP contribution in [0.15, 0.2) is 29.0 Å². The molecular weight excluding hydrogens is 364 g/mol. The first-order chi connectivity index (χ1) is 12.8. The van der Waals surface area contributed by atoms with Crippen LogP contribution in [0.5, 0.6) is 11.5 Å². The summed E-state index contributed by atoms with van der Waals surface area (Å²) < 4.78 is 10.6. The Bertz CT molecular complexity index is 861. The zero-order valence-electron chi connectivity index (χ0n) is 15.9. The Labute approximate surface area is 162 Å². The van der Waals surface area contributed by atoms with E-state index in [1.807, 2.05) is 19.2 Å². The monoisotopic (exact) mass is 388 g/mol. The Morgan fingerprint density at radius 2 is 1.93 bits per heavy atom. The van der Waals surface area contributed by atoms with E-state index in [1.165, 1.54) is 24.7 Å².